The Morgan fingerprint density at radius 1 is 0.932 bits per heavy atom. The average molecular weight is 597 g/mol. The predicted octanol–water partition coefficient (Wildman–Crippen LogP) is 8.36. The molecule has 1 aliphatic carbocycles. The van der Waals surface area contributed by atoms with Gasteiger partial charge < -0.3 is 19.5 Å². The maximum atomic E-state index is 14.5. The van der Waals surface area contributed by atoms with E-state index in [1.165, 1.54) is 0 Å². The lowest BCUT2D eigenvalue weighted by Crippen LogP contribution is -2.38. The monoisotopic (exact) mass is 596 g/mol. The van der Waals surface area contributed by atoms with Crippen molar-refractivity contribution >= 4 is 23.1 Å². The summed E-state index contributed by atoms with van der Waals surface area (Å²) in [5.74, 6) is 1.92. The second kappa shape index (κ2) is 14.0. The van der Waals surface area contributed by atoms with E-state index in [2.05, 4.69) is 19.2 Å². The first kappa shape index (κ1) is 31.2. The fourth-order valence-electron chi connectivity index (χ4n) is 6.26. The van der Waals surface area contributed by atoms with Crippen LogP contribution in [0.3, 0.4) is 0 Å². The molecule has 1 amide bonds. The summed E-state index contributed by atoms with van der Waals surface area (Å²) in [6.07, 6.45) is 4.92. The Balaban J connectivity index is 1.68. The Hall–Kier alpha value is -4.26. The summed E-state index contributed by atoms with van der Waals surface area (Å²) >= 11 is 0. The van der Waals surface area contributed by atoms with Crippen molar-refractivity contribution in [1.29, 1.82) is 0 Å². The highest BCUT2D eigenvalue weighted by Crippen LogP contribution is 2.49. The van der Waals surface area contributed by atoms with Gasteiger partial charge in [0.05, 0.1) is 37.7 Å². The number of ketones is 1. The Bertz CT molecular complexity index is 1530. The van der Waals surface area contributed by atoms with Gasteiger partial charge in [0.15, 0.2) is 17.3 Å². The van der Waals surface area contributed by atoms with Crippen molar-refractivity contribution in [1.82, 2.24) is 0 Å². The summed E-state index contributed by atoms with van der Waals surface area (Å²) in [4.78, 5) is 30.6. The van der Waals surface area contributed by atoms with Crippen LogP contribution in [0.2, 0.25) is 0 Å². The van der Waals surface area contributed by atoms with Crippen molar-refractivity contribution in [2.75, 3.05) is 24.4 Å². The number of allylic oxidation sites excluding steroid dienone is 1. The number of amides is 1. The number of nitrogens with one attached hydrogen (secondary N) is 1. The Morgan fingerprint density at radius 2 is 1.68 bits per heavy atom. The van der Waals surface area contributed by atoms with E-state index < -0.39 is 6.04 Å². The molecule has 7 heteroatoms. The molecule has 232 valence electrons. The van der Waals surface area contributed by atoms with Gasteiger partial charge in [-0.3, -0.25) is 14.5 Å². The van der Waals surface area contributed by atoms with E-state index in [1.54, 1.807) is 14.2 Å². The molecule has 1 N–H and O–H groups in total. The van der Waals surface area contributed by atoms with Crippen LogP contribution < -0.4 is 24.4 Å². The number of carbonyl (C=O) groups excluding carboxylic acids is 2. The number of fused-ring (bicyclic) bond motifs is 1. The molecular formula is C37H44N2O5. The maximum absolute atomic E-state index is 14.5. The minimum absolute atomic E-state index is 0.000364. The second-order valence-electron chi connectivity index (χ2n) is 11.7. The molecule has 7 nitrogen and oxygen atoms in total. The molecule has 1 heterocycles. The molecular weight excluding hydrogens is 552 g/mol. The minimum atomic E-state index is -0.630. The number of rotatable bonds is 11. The first-order valence-electron chi connectivity index (χ1n) is 15.8. The third kappa shape index (κ3) is 6.33. The Labute approximate surface area is 261 Å². The van der Waals surface area contributed by atoms with Gasteiger partial charge in [-0.05, 0) is 68.0 Å². The Kier molecular flexibility index (Phi) is 9.93. The first-order valence-corrected chi connectivity index (χ1v) is 15.8. The van der Waals surface area contributed by atoms with Crippen LogP contribution >= 0.6 is 0 Å². The van der Waals surface area contributed by atoms with Crippen molar-refractivity contribution in [3.05, 3.63) is 89.1 Å². The van der Waals surface area contributed by atoms with Gasteiger partial charge in [0.2, 0.25) is 5.91 Å². The molecule has 0 aromatic heterocycles. The predicted molar refractivity (Wildman–Crippen MR) is 175 cm³/mol. The zero-order chi connectivity index (χ0) is 31.2. The molecule has 5 rings (SSSR count). The second-order valence-corrected chi connectivity index (χ2v) is 11.7. The van der Waals surface area contributed by atoms with Gasteiger partial charge in [-0.25, -0.2) is 0 Å². The summed E-state index contributed by atoms with van der Waals surface area (Å²) in [7, 11) is 3.23. The number of nitrogens with zero attached hydrogens (tertiary/aromatic N) is 1. The number of methoxy groups -OCH3 is 2. The summed E-state index contributed by atoms with van der Waals surface area (Å²) in [5.41, 5.74) is 4.87. The van der Waals surface area contributed by atoms with E-state index in [0.717, 1.165) is 53.9 Å². The Morgan fingerprint density at radius 3 is 2.43 bits per heavy atom. The molecule has 2 aliphatic rings. The lowest BCUT2D eigenvalue weighted by Gasteiger charge is -2.36. The smallest absolute Gasteiger partial charge is 0.227 e. The molecule has 3 aromatic carbocycles. The number of carbonyl (C=O) groups is 2. The largest absolute Gasteiger partial charge is 0.493 e. The molecule has 44 heavy (non-hydrogen) atoms. The van der Waals surface area contributed by atoms with Crippen LogP contribution in [0.1, 0.15) is 88.8 Å². The summed E-state index contributed by atoms with van der Waals surface area (Å²) < 4.78 is 17.5. The molecule has 3 aromatic rings. The van der Waals surface area contributed by atoms with Crippen LogP contribution in [0.15, 0.2) is 78.0 Å². The number of anilines is 2. The van der Waals surface area contributed by atoms with Gasteiger partial charge in [0.1, 0.15) is 5.75 Å². The molecule has 0 fully saturated rings. The number of Topliss-reactive ketones (excluding diaryl/α,β-unsaturated/α-hetero) is 1. The van der Waals surface area contributed by atoms with Gasteiger partial charge in [0.25, 0.3) is 0 Å². The standard InChI is InChI=1S/C37H44N2O5/c1-6-8-9-18-35(41)39-30-16-12-11-15-28(30)38-29-21-26(25-19-20-33(42-4)34(23-25)43-5)22-31(40)36(29)37(39)27-14-10-13-17-32(27)44-24(3)7-2/h10-17,19-20,23-24,26,37-38H,6-9,18,21-22H2,1-5H3/t24-,26-,37-/m0/s1. The van der Waals surface area contributed by atoms with Crippen LogP contribution in [0.25, 0.3) is 0 Å². The number of hydrogen-bond acceptors (Lipinski definition) is 6. The van der Waals surface area contributed by atoms with E-state index in [-0.39, 0.29) is 23.7 Å². The quantitative estimate of drug-likeness (QED) is 0.224. The van der Waals surface area contributed by atoms with Crippen molar-refractivity contribution < 1.29 is 23.8 Å². The van der Waals surface area contributed by atoms with Crippen LogP contribution in [0.4, 0.5) is 11.4 Å². The van der Waals surface area contributed by atoms with Crippen molar-refractivity contribution in [2.45, 2.75) is 83.8 Å². The molecule has 0 spiro atoms. The number of ether oxygens (including phenoxy) is 3. The van der Waals surface area contributed by atoms with E-state index in [9.17, 15) is 9.59 Å². The zero-order valence-corrected chi connectivity index (χ0v) is 26.5. The van der Waals surface area contributed by atoms with Gasteiger partial charge >= 0.3 is 0 Å². The van der Waals surface area contributed by atoms with Gasteiger partial charge in [0, 0.05) is 29.7 Å². The number of benzene rings is 3. The van der Waals surface area contributed by atoms with Crippen LogP contribution in [-0.4, -0.2) is 32.0 Å². The van der Waals surface area contributed by atoms with Crippen molar-refractivity contribution in [3.63, 3.8) is 0 Å². The van der Waals surface area contributed by atoms with Gasteiger partial charge in [-0.2, -0.15) is 0 Å². The zero-order valence-electron chi connectivity index (χ0n) is 26.5. The lowest BCUT2D eigenvalue weighted by molar-refractivity contribution is -0.119. The summed E-state index contributed by atoms with van der Waals surface area (Å²) in [6, 6.07) is 21.0. The van der Waals surface area contributed by atoms with E-state index in [1.807, 2.05) is 78.6 Å². The fraction of sp³-hybridized carbons (Fsp3) is 0.405. The number of para-hydroxylation sites is 3. The van der Waals surface area contributed by atoms with Crippen LogP contribution in [0.5, 0.6) is 17.2 Å². The fourth-order valence-corrected chi connectivity index (χ4v) is 6.26. The van der Waals surface area contributed by atoms with E-state index in [4.69, 9.17) is 14.2 Å². The third-order valence-electron chi connectivity index (χ3n) is 8.75. The highest BCUT2D eigenvalue weighted by molar-refractivity contribution is 6.06. The highest BCUT2D eigenvalue weighted by Gasteiger charge is 2.42. The maximum Gasteiger partial charge on any atom is 0.227 e. The van der Waals surface area contributed by atoms with E-state index in [0.29, 0.717) is 42.1 Å². The van der Waals surface area contributed by atoms with Crippen LogP contribution in [0, 0.1) is 0 Å². The topological polar surface area (TPSA) is 77.1 Å². The third-order valence-corrected chi connectivity index (χ3v) is 8.75. The molecule has 1 aliphatic heterocycles. The normalized spacial score (nSPS) is 18.5. The molecule has 0 bridgehead atoms. The van der Waals surface area contributed by atoms with Crippen LogP contribution in [-0.2, 0) is 9.59 Å². The lowest BCUT2D eigenvalue weighted by atomic mass is 9.78. The number of unbranched alkanes of at least 4 members (excludes halogenated alkanes) is 2. The van der Waals surface area contributed by atoms with Gasteiger partial charge in [-0.1, -0.05) is 63.1 Å². The summed E-state index contributed by atoms with van der Waals surface area (Å²) in [6.45, 7) is 6.26. The SMILES string of the molecule is CCCCCC(=O)N1c2ccccc2NC2=C(C(=O)C[C@@H](c3ccc(OC)c(OC)c3)C2)[C@@H]1c1ccccc1O[C@@H](C)CC. The molecule has 0 radical (unpaired) electrons. The molecule has 0 unspecified atom stereocenters. The van der Waals surface area contributed by atoms with Crippen molar-refractivity contribution in [3.8, 4) is 17.2 Å². The average Bonchev–Trinajstić information content (AvgIpc) is 3.19. The molecule has 3 atom stereocenters. The molecule has 0 saturated carbocycles. The molecule has 0 saturated heterocycles. The van der Waals surface area contributed by atoms with Crippen molar-refractivity contribution in [2.24, 2.45) is 0 Å². The van der Waals surface area contributed by atoms with E-state index >= 15 is 0 Å². The number of hydrogen-bond donors (Lipinski definition) is 1. The summed E-state index contributed by atoms with van der Waals surface area (Å²) in [5, 5.41) is 3.63. The first-order chi connectivity index (χ1) is 21.4. The van der Waals surface area contributed by atoms with Gasteiger partial charge in [-0.15, -0.1) is 0 Å². The highest BCUT2D eigenvalue weighted by atomic mass is 16.5. The minimum Gasteiger partial charge on any atom is -0.493 e.